The second-order valence-electron chi connectivity index (χ2n) is 5.66. The van der Waals surface area contributed by atoms with Crippen LogP contribution < -0.4 is 10.0 Å². The van der Waals surface area contributed by atoms with E-state index in [-0.39, 0.29) is 6.42 Å². The van der Waals surface area contributed by atoms with Gasteiger partial charge in [0.05, 0.1) is 0 Å². The number of hydrogen-bond donors (Lipinski definition) is 3. The molecular formula is C13H18N2O5S. The van der Waals surface area contributed by atoms with Crippen molar-refractivity contribution in [3.8, 4) is 0 Å². The summed E-state index contributed by atoms with van der Waals surface area (Å²) in [6.45, 7) is 8.78. The molecule has 2 aliphatic carbocycles. The molecule has 8 heteroatoms. The number of rotatable bonds is 6. The molecule has 0 aromatic heterocycles. The fourth-order valence-electron chi connectivity index (χ4n) is 2.57. The predicted octanol–water partition coefficient (Wildman–Crippen LogP) is 0.753. The van der Waals surface area contributed by atoms with E-state index in [1.165, 1.54) is 6.08 Å². The van der Waals surface area contributed by atoms with E-state index in [0.29, 0.717) is 18.4 Å². The zero-order valence-corrected chi connectivity index (χ0v) is 12.5. The zero-order chi connectivity index (χ0) is 16.1. The van der Waals surface area contributed by atoms with Crippen molar-refractivity contribution in [2.75, 3.05) is 0 Å². The summed E-state index contributed by atoms with van der Waals surface area (Å²) >= 11 is 0. The van der Waals surface area contributed by atoms with Crippen LogP contribution in [0.15, 0.2) is 24.8 Å². The van der Waals surface area contributed by atoms with Crippen molar-refractivity contribution in [3.05, 3.63) is 24.8 Å². The fraction of sp³-hybridized carbons (Fsp3) is 0.538. The molecule has 0 saturated heterocycles. The Morgan fingerprint density at radius 3 is 2.29 bits per heavy atom. The largest absolute Gasteiger partial charge is 0.465 e. The van der Waals surface area contributed by atoms with Gasteiger partial charge < -0.3 is 10.4 Å². The van der Waals surface area contributed by atoms with Crippen LogP contribution in [0.25, 0.3) is 0 Å². The van der Waals surface area contributed by atoms with Crippen molar-refractivity contribution < 1.29 is 23.1 Å². The first-order valence-electron chi connectivity index (χ1n) is 6.48. The van der Waals surface area contributed by atoms with E-state index in [2.05, 4.69) is 18.5 Å². The van der Waals surface area contributed by atoms with E-state index in [1.54, 1.807) is 6.92 Å². The molecule has 0 bridgehead atoms. The minimum atomic E-state index is -3.92. The molecule has 3 N–H and O–H groups in total. The first-order valence-corrected chi connectivity index (χ1v) is 7.96. The van der Waals surface area contributed by atoms with Crippen LogP contribution in [0.3, 0.4) is 0 Å². The lowest BCUT2D eigenvalue weighted by Gasteiger charge is -2.21. The van der Waals surface area contributed by atoms with Gasteiger partial charge in [-0.2, -0.15) is 0 Å². The Labute approximate surface area is 123 Å². The van der Waals surface area contributed by atoms with Gasteiger partial charge in [0.2, 0.25) is 10.0 Å². The monoisotopic (exact) mass is 314 g/mol. The molecule has 7 nitrogen and oxygen atoms in total. The molecule has 0 heterocycles. The lowest BCUT2D eigenvalue weighted by Crippen LogP contribution is -2.53. The predicted molar refractivity (Wildman–Crippen MR) is 76.0 cm³/mol. The molecule has 0 unspecified atom stereocenters. The number of amides is 2. The van der Waals surface area contributed by atoms with Gasteiger partial charge in [0, 0.05) is 5.92 Å². The summed E-state index contributed by atoms with van der Waals surface area (Å²) in [4.78, 5) is 23.1. The number of carboxylic acid groups (broad SMARTS) is 1. The Hall–Kier alpha value is -1.83. The second kappa shape index (κ2) is 4.59. The maximum atomic E-state index is 12.3. The standard InChI is InChI=1S/C13H18N2O5S/c1-4-9-7-13(9,14-11(17)18)10(16)15-21(19,20)12(5-6-12)8(2)3/h4,9,14H,1-2,5-7H2,3H3,(H,15,16)(H,17,18)/t9-,13-/m1/s1. The lowest BCUT2D eigenvalue weighted by atomic mass is 10.2. The summed E-state index contributed by atoms with van der Waals surface area (Å²) in [5, 5.41) is 10.9. The van der Waals surface area contributed by atoms with E-state index >= 15 is 0 Å². The van der Waals surface area contributed by atoms with Crippen LogP contribution in [0.4, 0.5) is 4.79 Å². The Kier molecular flexibility index (Phi) is 3.40. The first-order chi connectivity index (χ1) is 9.61. The van der Waals surface area contributed by atoms with Gasteiger partial charge in [0.15, 0.2) is 0 Å². The normalized spacial score (nSPS) is 29.1. The first kappa shape index (κ1) is 15.6. The van der Waals surface area contributed by atoms with Crippen molar-refractivity contribution in [1.82, 2.24) is 10.0 Å². The molecule has 0 radical (unpaired) electrons. The smallest absolute Gasteiger partial charge is 0.405 e. The Balaban J connectivity index is 2.20. The molecule has 0 aromatic carbocycles. The van der Waals surface area contributed by atoms with Gasteiger partial charge >= 0.3 is 6.09 Å². The molecule has 0 aliphatic heterocycles. The van der Waals surface area contributed by atoms with Gasteiger partial charge in [0.1, 0.15) is 10.3 Å². The van der Waals surface area contributed by atoms with Crippen LogP contribution in [0.5, 0.6) is 0 Å². The molecule has 116 valence electrons. The highest BCUT2D eigenvalue weighted by molar-refractivity contribution is 7.92. The minimum absolute atomic E-state index is 0.199. The van der Waals surface area contributed by atoms with Crippen LogP contribution >= 0.6 is 0 Å². The summed E-state index contributed by atoms with van der Waals surface area (Å²) in [5.41, 5.74) is -0.967. The second-order valence-corrected chi connectivity index (χ2v) is 7.65. The van der Waals surface area contributed by atoms with Gasteiger partial charge in [0.25, 0.3) is 5.91 Å². The van der Waals surface area contributed by atoms with Crippen LogP contribution in [-0.4, -0.2) is 35.8 Å². The topological polar surface area (TPSA) is 113 Å². The Bertz CT molecular complexity index is 635. The van der Waals surface area contributed by atoms with Gasteiger partial charge in [-0.25, -0.2) is 13.2 Å². The van der Waals surface area contributed by atoms with Crippen LogP contribution in [0.1, 0.15) is 26.2 Å². The maximum Gasteiger partial charge on any atom is 0.405 e. The van der Waals surface area contributed by atoms with Gasteiger partial charge in [-0.1, -0.05) is 18.2 Å². The van der Waals surface area contributed by atoms with E-state index in [4.69, 9.17) is 5.11 Å². The van der Waals surface area contributed by atoms with Crippen LogP contribution in [0, 0.1) is 5.92 Å². The quantitative estimate of drug-likeness (QED) is 0.626. The van der Waals surface area contributed by atoms with Crippen molar-refractivity contribution >= 4 is 22.0 Å². The number of sulfonamides is 1. The van der Waals surface area contributed by atoms with Crippen molar-refractivity contribution in [2.45, 2.75) is 36.5 Å². The average molecular weight is 314 g/mol. The van der Waals surface area contributed by atoms with Crippen molar-refractivity contribution in [2.24, 2.45) is 5.92 Å². The average Bonchev–Trinajstić information content (AvgIpc) is 3.21. The molecule has 0 spiro atoms. The maximum absolute atomic E-state index is 12.3. The van der Waals surface area contributed by atoms with E-state index in [9.17, 15) is 18.0 Å². The van der Waals surface area contributed by atoms with Crippen LogP contribution in [-0.2, 0) is 14.8 Å². The van der Waals surface area contributed by atoms with E-state index in [1.807, 2.05) is 4.72 Å². The van der Waals surface area contributed by atoms with E-state index in [0.717, 1.165) is 0 Å². The summed E-state index contributed by atoms with van der Waals surface area (Å²) in [5.74, 6) is -1.27. The van der Waals surface area contributed by atoms with Crippen molar-refractivity contribution in [3.63, 3.8) is 0 Å². The minimum Gasteiger partial charge on any atom is -0.465 e. The number of carbonyl (C=O) groups excluding carboxylic acids is 1. The number of hydrogen-bond acceptors (Lipinski definition) is 4. The van der Waals surface area contributed by atoms with Gasteiger partial charge in [-0.3, -0.25) is 9.52 Å². The Morgan fingerprint density at radius 2 is 1.95 bits per heavy atom. The summed E-state index contributed by atoms with van der Waals surface area (Å²) in [6.07, 6.45) is 1.08. The Morgan fingerprint density at radius 1 is 1.38 bits per heavy atom. The lowest BCUT2D eigenvalue weighted by molar-refractivity contribution is -0.122. The van der Waals surface area contributed by atoms with Crippen molar-refractivity contribution in [1.29, 1.82) is 0 Å². The summed E-state index contributed by atoms with van der Waals surface area (Å²) in [7, 11) is -3.92. The molecule has 0 aromatic rings. The molecule has 21 heavy (non-hydrogen) atoms. The van der Waals surface area contributed by atoms with E-state index < -0.39 is 38.2 Å². The zero-order valence-electron chi connectivity index (χ0n) is 11.7. The third-order valence-electron chi connectivity index (χ3n) is 4.26. The molecule has 2 rings (SSSR count). The number of nitrogens with one attached hydrogen (secondary N) is 2. The highest BCUT2D eigenvalue weighted by Gasteiger charge is 2.63. The molecule has 2 aliphatic rings. The third-order valence-corrected chi connectivity index (χ3v) is 6.50. The van der Waals surface area contributed by atoms with Gasteiger partial charge in [-0.15, -0.1) is 6.58 Å². The van der Waals surface area contributed by atoms with Crippen LogP contribution in [0.2, 0.25) is 0 Å². The fourth-order valence-corrected chi connectivity index (χ4v) is 4.29. The summed E-state index contributed by atoms with van der Waals surface area (Å²) < 4.78 is 25.6. The third kappa shape index (κ3) is 2.33. The van der Waals surface area contributed by atoms with Gasteiger partial charge in [-0.05, 0) is 26.2 Å². The molecule has 2 atom stereocenters. The highest BCUT2D eigenvalue weighted by atomic mass is 32.2. The molecular weight excluding hydrogens is 296 g/mol. The molecule has 2 saturated carbocycles. The highest BCUT2D eigenvalue weighted by Crippen LogP contribution is 2.49. The SMILES string of the molecule is C=C[C@@H]1C[C@]1(NC(=O)O)C(=O)NS(=O)(=O)C1(C(=C)C)CC1. The summed E-state index contributed by atoms with van der Waals surface area (Å²) in [6, 6.07) is 0. The molecule has 2 fully saturated rings. The molecule has 2 amide bonds. The number of carbonyl (C=O) groups is 2.